The first-order valence-corrected chi connectivity index (χ1v) is 7.34. The minimum Gasteiger partial charge on any atom is -0.368 e. The highest BCUT2D eigenvalue weighted by molar-refractivity contribution is 7.18. The summed E-state index contributed by atoms with van der Waals surface area (Å²) in [4.78, 5) is 12.7. The maximum absolute atomic E-state index is 13.0. The molecule has 0 radical (unpaired) electrons. The second kappa shape index (κ2) is 5.29. The van der Waals surface area contributed by atoms with Gasteiger partial charge in [-0.25, -0.2) is 9.37 Å². The van der Waals surface area contributed by atoms with E-state index >= 15 is 0 Å². The van der Waals surface area contributed by atoms with Gasteiger partial charge in [0.25, 0.3) is 0 Å². The van der Waals surface area contributed by atoms with Crippen LogP contribution in [-0.4, -0.2) is 17.0 Å². The van der Waals surface area contributed by atoms with Crippen molar-refractivity contribution >= 4 is 33.3 Å². The Morgan fingerprint density at radius 2 is 1.95 bits per heavy atom. The maximum Gasteiger partial charge on any atom is 0.223 e. The number of nitrogen functional groups attached to an aromatic ring is 1. The molecular weight excluding hydrogens is 287 g/mol. The van der Waals surface area contributed by atoms with Gasteiger partial charge in [0.15, 0.2) is 0 Å². The van der Waals surface area contributed by atoms with Crippen LogP contribution in [-0.2, 0) is 6.54 Å². The van der Waals surface area contributed by atoms with E-state index in [2.05, 4.69) is 16.0 Å². The van der Waals surface area contributed by atoms with Crippen LogP contribution in [0.5, 0.6) is 0 Å². The molecule has 0 saturated heterocycles. The Bertz CT molecular complexity index is 782. The maximum atomic E-state index is 13.0. The number of rotatable bonds is 3. The average molecular weight is 302 g/mol. The number of fused-ring (bicyclic) bond motifs is 1. The van der Waals surface area contributed by atoms with Crippen LogP contribution in [0.25, 0.3) is 10.2 Å². The molecule has 3 rings (SSSR count). The van der Waals surface area contributed by atoms with Gasteiger partial charge in [-0.05, 0) is 30.7 Å². The smallest absolute Gasteiger partial charge is 0.223 e. The molecule has 1 aromatic carbocycles. The topological polar surface area (TPSA) is 55.0 Å². The summed E-state index contributed by atoms with van der Waals surface area (Å²) in [6, 6.07) is 8.53. The third kappa shape index (κ3) is 2.80. The second-order valence-corrected chi connectivity index (χ2v) is 6.20. The van der Waals surface area contributed by atoms with Gasteiger partial charge in [0.2, 0.25) is 5.95 Å². The lowest BCUT2D eigenvalue weighted by atomic mass is 10.2. The second-order valence-electron chi connectivity index (χ2n) is 4.96. The minimum absolute atomic E-state index is 0.233. The van der Waals surface area contributed by atoms with E-state index in [4.69, 9.17) is 5.73 Å². The first-order chi connectivity index (χ1) is 10.0. The molecule has 0 amide bonds. The molecule has 0 atom stereocenters. The number of aromatic nitrogens is 2. The molecular formula is C15H15FN4S. The summed E-state index contributed by atoms with van der Waals surface area (Å²) in [5.74, 6) is 0.833. The van der Waals surface area contributed by atoms with Crippen LogP contribution in [0, 0.1) is 12.7 Å². The van der Waals surface area contributed by atoms with Crippen molar-refractivity contribution in [2.45, 2.75) is 13.5 Å². The Morgan fingerprint density at radius 3 is 2.67 bits per heavy atom. The van der Waals surface area contributed by atoms with Crippen molar-refractivity contribution in [1.82, 2.24) is 9.97 Å². The quantitative estimate of drug-likeness (QED) is 0.806. The van der Waals surface area contributed by atoms with Crippen molar-refractivity contribution < 1.29 is 4.39 Å². The van der Waals surface area contributed by atoms with Gasteiger partial charge in [-0.15, -0.1) is 11.3 Å². The average Bonchev–Trinajstić information content (AvgIpc) is 2.80. The molecule has 2 heterocycles. The van der Waals surface area contributed by atoms with E-state index in [1.807, 2.05) is 18.9 Å². The van der Waals surface area contributed by atoms with Gasteiger partial charge < -0.3 is 10.6 Å². The summed E-state index contributed by atoms with van der Waals surface area (Å²) in [5, 5.41) is 0.997. The summed E-state index contributed by atoms with van der Waals surface area (Å²) < 4.78 is 13.0. The standard InChI is InChI=1S/C15H15FN4S/c1-9-7-12-13(18-15(17)19-14(12)21-9)20(2)8-10-3-5-11(16)6-4-10/h3-7H,8H2,1-2H3,(H2,17,18,19). The molecule has 6 heteroatoms. The molecule has 0 aliphatic carbocycles. The largest absolute Gasteiger partial charge is 0.368 e. The van der Waals surface area contributed by atoms with Crippen LogP contribution in [0.3, 0.4) is 0 Å². The number of aryl methyl sites for hydroxylation is 1. The zero-order chi connectivity index (χ0) is 15.0. The van der Waals surface area contributed by atoms with Crippen LogP contribution >= 0.6 is 11.3 Å². The summed E-state index contributed by atoms with van der Waals surface area (Å²) in [6.45, 7) is 2.66. The van der Waals surface area contributed by atoms with E-state index in [1.54, 1.807) is 23.5 Å². The number of benzene rings is 1. The van der Waals surface area contributed by atoms with Crippen molar-refractivity contribution in [3.05, 3.63) is 46.6 Å². The molecule has 4 nitrogen and oxygen atoms in total. The van der Waals surface area contributed by atoms with Gasteiger partial charge in [-0.1, -0.05) is 12.1 Å². The van der Waals surface area contributed by atoms with Gasteiger partial charge in [0.05, 0.1) is 5.39 Å². The van der Waals surface area contributed by atoms with Gasteiger partial charge in [-0.3, -0.25) is 0 Å². The highest BCUT2D eigenvalue weighted by Crippen LogP contribution is 2.31. The Morgan fingerprint density at radius 1 is 1.24 bits per heavy atom. The van der Waals surface area contributed by atoms with E-state index in [0.717, 1.165) is 21.6 Å². The molecule has 2 aromatic heterocycles. The molecule has 0 aliphatic rings. The van der Waals surface area contributed by atoms with Crippen molar-refractivity contribution in [2.24, 2.45) is 0 Å². The predicted octanol–water partition coefficient (Wildman–Crippen LogP) is 3.36. The highest BCUT2D eigenvalue weighted by atomic mass is 32.1. The Balaban J connectivity index is 1.97. The number of anilines is 2. The van der Waals surface area contributed by atoms with Gasteiger partial charge >= 0.3 is 0 Å². The number of nitrogens with zero attached hydrogens (tertiary/aromatic N) is 3. The lowest BCUT2D eigenvalue weighted by molar-refractivity contribution is 0.627. The molecule has 0 saturated carbocycles. The van der Waals surface area contributed by atoms with E-state index in [0.29, 0.717) is 6.54 Å². The van der Waals surface area contributed by atoms with Crippen LogP contribution in [0.2, 0.25) is 0 Å². The molecule has 0 fully saturated rings. The molecule has 0 spiro atoms. The summed E-state index contributed by atoms with van der Waals surface area (Å²) in [7, 11) is 1.94. The van der Waals surface area contributed by atoms with Gasteiger partial charge in [0.1, 0.15) is 16.5 Å². The van der Waals surface area contributed by atoms with Crippen molar-refractivity contribution in [1.29, 1.82) is 0 Å². The number of hydrogen-bond donors (Lipinski definition) is 1. The summed E-state index contributed by atoms with van der Waals surface area (Å²) in [5.41, 5.74) is 6.80. The predicted molar refractivity (Wildman–Crippen MR) is 85.1 cm³/mol. The van der Waals surface area contributed by atoms with E-state index in [-0.39, 0.29) is 11.8 Å². The Kier molecular flexibility index (Phi) is 3.47. The van der Waals surface area contributed by atoms with Crippen molar-refractivity contribution in [3.63, 3.8) is 0 Å². The number of hydrogen-bond acceptors (Lipinski definition) is 5. The lowest BCUT2D eigenvalue weighted by Gasteiger charge is -2.19. The molecule has 0 aliphatic heterocycles. The zero-order valence-electron chi connectivity index (χ0n) is 11.8. The van der Waals surface area contributed by atoms with Crippen LogP contribution in [0.15, 0.2) is 30.3 Å². The fourth-order valence-corrected chi connectivity index (χ4v) is 3.15. The fourth-order valence-electron chi connectivity index (χ4n) is 2.27. The van der Waals surface area contributed by atoms with Crippen molar-refractivity contribution in [2.75, 3.05) is 17.7 Å². The first-order valence-electron chi connectivity index (χ1n) is 6.52. The monoisotopic (exact) mass is 302 g/mol. The van der Waals surface area contributed by atoms with Crippen LogP contribution in [0.4, 0.5) is 16.2 Å². The zero-order valence-corrected chi connectivity index (χ0v) is 12.6. The normalized spacial score (nSPS) is 11.0. The lowest BCUT2D eigenvalue weighted by Crippen LogP contribution is -2.18. The SMILES string of the molecule is Cc1cc2c(N(C)Cc3ccc(F)cc3)nc(N)nc2s1. The van der Waals surface area contributed by atoms with Crippen LogP contribution in [0.1, 0.15) is 10.4 Å². The number of halogens is 1. The molecule has 21 heavy (non-hydrogen) atoms. The molecule has 3 aromatic rings. The van der Waals surface area contributed by atoms with E-state index < -0.39 is 0 Å². The van der Waals surface area contributed by atoms with E-state index in [1.165, 1.54) is 17.0 Å². The number of nitrogens with two attached hydrogens (primary N) is 1. The third-order valence-electron chi connectivity index (χ3n) is 3.21. The van der Waals surface area contributed by atoms with Gasteiger partial charge in [-0.2, -0.15) is 4.98 Å². The Labute approximate surface area is 126 Å². The Hall–Kier alpha value is -2.21. The first kappa shape index (κ1) is 13.8. The molecule has 2 N–H and O–H groups in total. The molecule has 108 valence electrons. The third-order valence-corrected chi connectivity index (χ3v) is 4.15. The number of thiophene rings is 1. The fraction of sp³-hybridized carbons (Fsp3) is 0.200. The summed E-state index contributed by atoms with van der Waals surface area (Å²) >= 11 is 1.60. The van der Waals surface area contributed by atoms with Gasteiger partial charge in [0, 0.05) is 18.5 Å². The van der Waals surface area contributed by atoms with E-state index in [9.17, 15) is 4.39 Å². The molecule has 0 bridgehead atoms. The summed E-state index contributed by atoms with van der Waals surface area (Å²) in [6.07, 6.45) is 0. The van der Waals surface area contributed by atoms with Crippen LogP contribution < -0.4 is 10.6 Å². The highest BCUT2D eigenvalue weighted by Gasteiger charge is 2.13. The van der Waals surface area contributed by atoms with Crippen molar-refractivity contribution in [3.8, 4) is 0 Å². The minimum atomic E-state index is -0.233. The molecule has 0 unspecified atom stereocenters.